The smallest absolute Gasteiger partial charge is 0.409 e. The molecule has 1 saturated heterocycles. The third kappa shape index (κ3) is 5.72. The molecule has 0 radical (unpaired) electrons. The van der Waals surface area contributed by atoms with Crippen LogP contribution < -0.4 is 14.8 Å². The van der Waals surface area contributed by atoms with Crippen molar-refractivity contribution in [3.8, 4) is 11.5 Å². The second-order valence-corrected chi connectivity index (χ2v) is 9.26. The molecule has 204 valence electrons. The number of benzene rings is 2. The van der Waals surface area contributed by atoms with E-state index in [9.17, 15) is 13.6 Å². The number of amides is 1. The van der Waals surface area contributed by atoms with Crippen molar-refractivity contribution in [1.82, 2.24) is 14.9 Å². The zero-order valence-corrected chi connectivity index (χ0v) is 21.8. The van der Waals surface area contributed by atoms with Gasteiger partial charge in [0.2, 0.25) is 0 Å². The number of alkyl halides is 2. The molecule has 38 heavy (non-hydrogen) atoms. The van der Waals surface area contributed by atoms with Crippen LogP contribution in [0.4, 0.5) is 19.4 Å². The molecule has 0 aliphatic carbocycles. The Bertz CT molecular complexity index is 1310. The molecular weight excluding hydrogens is 498 g/mol. The lowest BCUT2D eigenvalue weighted by atomic mass is 10.0. The highest BCUT2D eigenvalue weighted by molar-refractivity contribution is 5.92. The number of carbonyl (C=O) groups is 1. The van der Waals surface area contributed by atoms with Crippen LogP contribution in [0.1, 0.15) is 42.8 Å². The third-order valence-electron chi connectivity index (χ3n) is 6.67. The van der Waals surface area contributed by atoms with E-state index < -0.39 is 12.5 Å². The predicted octanol–water partition coefficient (Wildman–Crippen LogP) is 4.81. The Balaban J connectivity index is 1.63. The van der Waals surface area contributed by atoms with Crippen LogP contribution in [0, 0.1) is 6.92 Å². The SMILES string of the molecule is COC(=O)N1CCC[C@H]1COc1cc2c(N[C@H](C)c3cccc(C(F)(F)CO)c3)nc(C)nc2cc1OC. The molecule has 0 saturated carbocycles. The maximum atomic E-state index is 14.1. The molecule has 1 aliphatic heterocycles. The third-order valence-corrected chi connectivity index (χ3v) is 6.67. The summed E-state index contributed by atoms with van der Waals surface area (Å²) < 4.78 is 44.7. The number of aromatic nitrogens is 2. The molecule has 1 aliphatic rings. The lowest BCUT2D eigenvalue weighted by Gasteiger charge is -2.24. The summed E-state index contributed by atoms with van der Waals surface area (Å²) in [6.07, 6.45) is 1.28. The van der Waals surface area contributed by atoms with Gasteiger partial charge < -0.3 is 29.5 Å². The summed E-state index contributed by atoms with van der Waals surface area (Å²) in [4.78, 5) is 22.8. The highest BCUT2D eigenvalue weighted by Gasteiger charge is 2.31. The highest BCUT2D eigenvalue weighted by atomic mass is 19.3. The summed E-state index contributed by atoms with van der Waals surface area (Å²) in [5.41, 5.74) is 0.964. The van der Waals surface area contributed by atoms with E-state index in [-0.39, 0.29) is 30.3 Å². The Kier molecular flexibility index (Phi) is 8.15. The molecular formula is C27H32F2N4O5. The van der Waals surface area contributed by atoms with E-state index in [4.69, 9.17) is 19.3 Å². The Hall–Kier alpha value is -3.73. The number of anilines is 1. The van der Waals surface area contributed by atoms with Gasteiger partial charge in [-0.05, 0) is 44.4 Å². The van der Waals surface area contributed by atoms with E-state index in [0.29, 0.717) is 46.2 Å². The van der Waals surface area contributed by atoms with Crippen molar-refractivity contribution < 1.29 is 32.9 Å². The van der Waals surface area contributed by atoms with Crippen LogP contribution in [0.15, 0.2) is 36.4 Å². The van der Waals surface area contributed by atoms with Crippen LogP contribution in [-0.4, -0.2) is 66.1 Å². The van der Waals surface area contributed by atoms with E-state index >= 15 is 0 Å². The largest absolute Gasteiger partial charge is 0.493 e. The lowest BCUT2D eigenvalue weighted by molar-refractivity contribution is -0.0556. The van der Waals surface area contributed by atoms with Crippen molar-refractivity contribution in [3.05, 3.63) is 53.3 Å². The van der Waals surface area contributed by atoms with E-state index in [1.807, 2.05) is 6.92 Å². The molecule has 9 nitrogen and oxygen atoms in total. The van der Waals surface area contributed by atoms with E-state index in [0.717, 1.165) is 12.8 Å². The van der Waals surface area contributed by atoms with Gasteiger partial charge in [-0.1, -0.05) is 18.2 Å². The van der Waals surface area contributed by atoms with Gasteiger partial charge in [0.25, 0.3) is 5.92 Å². The number of methoxy groups -OCH3 is 2. The van der Waals surface area contributed by atoms with Crippen molar-refractivity contribution >= 4 is 22.8 Å². The normalized spacial score (nSPS) is 16.4. The Morgan fingerprint density at radius 3 is 2.74 bits per heavy atom. The van der Waals surface area contributed by atoms with Gasteiger partial charge in [0, 0.05) is 29.6 Å². The first-order chi connectivity index (χ1) is 18.2. The van der Waals surface area contributed by atoms with Gasteiger partial charge in [-0.25, -0.2) is 14.8 Å². The van der Waals surface area contributed by atoms with Gasteiger partial charge in [-0.3, -0.25) is 0 Å². The molecule has 2 heterocycles. The summed E-state index contributed by atoms with van der Waals surface area (Å²) in [5, 5.41) is 13.0. The number of nitrogens with one attached hydrogen (secondary N) is 1. The first kappa shape index (κ1) is 27.3. The van der Waals surface area contributed by atoms with E-state index in [1.54, 1.807) is 30.0 Å². The van der Waals surface area contributed by atoms with Crippen LogP contribution in [0.5, 0.6) is 11.5 Å². The predicted molar refractivity (Wildman–Crippen MR) is 138 cm³/mol. The van der Waals surface area contributed by atoms with Crippen LogP contribution in [-0.2, 0) is 10.7 Å². The average molecular weight is 531 g/mol. The molecule has 4 rings (SSSR count). The topological polar surface area (TPSA) is 106 Å². The first-order valence-electron chi connectivity index (χ1n) is 12.4. The van der Waals surface area contributed by atoms with Crippen LogP contribution in [0.3, 0.4) is 0 Å². The van der Waals surface area contributed by atoms with Crippen molar-refractivity contribution in [2.75, 3.05) is 39.3 Å². The number of aliphatic hydroxyl groups excluding tert-OH is 1. The van der Waals surface area contributed by atoms with Gasteiger partial charge in [-0.2, -0.15) is 8.78 Å². The van der Waals surface area contributed by atoms with Gasteiger partial charge >= 0.3 is 6.09 Å². The van der Waals surface area contributed by atoms with Crippen molar-refractivity contribution in [3.63, 3.8) is 0 Å². The summed E-state index contributed by atoms with van der Waals surface area (Å²) in [5.74, 6) is -1.37. The summed E-state index contributed by atoms with van der Waals surface area (Å²) in [7, 11) is 2.89. The second-order valence-electron chi connectivity index (χ2n) is 9.26. The van der Waals surface area contributed by atoms with Gasteiger partial charge in [0.05, 0.1) is 25.8 Å². The number of ether oxygens (including phenoxy) is 3. The van der Waals surface area contributed by atoms with Crippen LogP contribution in [0.25, 0.3) is 10.9 Å². The maximum Gasteiger partial charge on any atom is 0.409 e. The fourth-order valence-corrected chi connectivity index (χ4v) is 4.60. The maximum absolute atomic E-state index is 14.1. The standard InChI is InChI=1S/C27H32F2N4O5/c1-16(18-7-5-8-19(11-18)27(28,29)15-34)30-25-21-12-24(23(36-3)13-22(21)31-17(2)32-25)38-14-20-9-6-10-33(20)26(35)37-4/h5,7-8,11-13,16,20,34H,6,9-10,14-15H2,1-4H3,(H,30,31,32)/t16-,20+/m1/s1. The fourth-order valence-electron chi connectivity index (χ4n) is 4.60. The molecule has 2 N–H and O–H groups in total. The van der Waals surface area contributed by atoms with Crippen molar-refractivity contribution in [2.24, 2.45) is 0 Å². The molecule has 11 heteroatoms. The number of nitrogens with zero attached hydrogens (tertiary/aromatic N) is 3. The number of hydrogen-bond acceptors (Lipinski definition) is 8. The summed E-state index contributed by atoms with van der Waals surface area (Å²) in [6.45, 7) is 3.20. The Morgan fingerprint density at radius 2 is 2.03 bits per heavy atom. The molecule has 1 fully saturated rings. The number of aliphatic hydroxyl groups is 1. The van der Waals surface area contributed by atoms with E-state index in [1.165, 1.54) is 32.4 Å². The zero-order valence-electron chi connectivity index (χ0n) is 21.8. The van der Waals surface area contributed by atoms with Gasteiger partial charge in [0.15, 0.2) is 11.5 Å². The number of halogens is 2. The molecule has 2 aromatic carbocycles. The molecule has 1 aromatic heterocycles. The average Bonchev–Trinajstić information content (AvgIpc) is 3.39. The monoisotopic (exact) mass is 530 g/mol. The van der Waals surface area contributed by atoms with Gasteiger partial charge in [0.1, 0.15) is 24.9 Å². The minimum absolute atomic E-state index is 0.126. The minimum atomic E-state index is -3.33. The number of fused-ring (bicyclic) bond motifs is 1. The molecule has 1 amide bonds. The number of rotatable bonds is 9. The molecule has 0 spiro atoms. The molecule has 2 atom stereocenters. The zero-order chi connectivity index (χ0) is 27.4. The number of likely N-dealkylation sites (tertiary alicyclic amines) is 1. The molecule has 0 unspecified atom stereocenters. The fraction of sp³-hybridized carbons (Fsp3) is 0.444. The van der Waals surface area contributed by atoms with Crippen LogP contribution >= 0.6 is 0 Å². The van der Waals surface area contributed by atoms with Crippen LogP contribution in [0.2, 0.25) is 0 Å². The highest BCUT2D eigenvalue weighted by Crippen LogP contribution is 2.36. The Labute approximate surface area is 219 Å². The van der Waals surface area contributed by atoms with E-state index in [2.05, 4.69) is 15.3 Å². The summed E-state index contributed by atoms with van der Waals surface area (Å²) >= 11 is 0. The van der Waals surface area contributed by atoms with Gasteiger partial charge in [-0.15, -0.1) is 0 Å². The molecule has 0 bridgehead atoms. The lowest BCUT2D eigenvalue weighted by Crippen LogP contribution is -2.38. The van der Waals surface area contributed by atoms with Crippen molar-refractivity contribution in [1.29, 1.82) is 0 Å². The number of hydrogen-bond donors (Lipinski definition) is 2. The first-order valence-corrected chi connectivity index (χ1v) is 12.4. The van der Waals surface area contributed by atoms with Crippen molar-refractivity contribution in [2.45, 2.75) is 44.7 Å². The second kappa shape index (κ2) is 11.3. The summed E-state index contributed by atoms with van der Waals surface area (Å²) in [6, 6.07) is 8.94. The number of aryl methyl sites for hydroxylation is 1. The Morgan fingerprint density at radius 1 is 1.24 bits per heavy atom. The molecule has 3 aromatic rings. The minimum Gasteiger partial charge on any atom is -0.493 e. The number of carbonyl (C=O) groups excluding carboxylic acids is 1. The quantitative estimate of drug-likeness (QED) is 0.406.